The van der Waals surface area contributed by atoms with Crippen LogP contribution in [0.4, 0.5) is 0 Å². The number of carbonyl (C=O) groups excluding carboxylic acids is 2. The van der Waals surface area contributed by atoms with E-state index >= 15 is 0 Å². The van der Waals surface area contributed by atoms with Crippen molar-refractivity contribution in [1.82, 2.24) is 24.1 Å². The van der Waals surface area contributed by atoms with Gasteiger partial charge in [-0.15, -0.1) is 11.3 Å². The molecular formula is C24H27N5O3S. The van der Waals surface area contributed by atoms with Crippen LogP contribution in [-0.4, -0.2) is 68.6 Å². The molecule has 2 atom stereocenters. The third-order valence-corrected chi connectivity index (χ3v) is 7.44. The van der Waals surface area contributed by atoms with Crippen LogP contribution in [0, 0.1) is 5.92 Å². The normalized spacial score (nSPS) is 20.5. The molecule has 1 aromatic carbocycles. The number of thiazole rings is 1. The van der Waals surface area contributed by atoms with E-state index in [1.54, 1.807) is 16.7 Å². The van der Waals surface area contributed by atoms with Gasteiger partial charge >= 0.3 is 0 Å². The van der Waals surface area contributed by atoms with Crippen molar-refractivity contribution in [3.63, 3.8) is 0 Å². The highest BCUT2D eigenvalue weighted by Gasteiger charge is 2.39. The molecule has 0 saturated carbocycles. The Hall–Kier alpha value is -3.04. The maximum atomic E-state index is 13.2. The van der Waals surface area contributed by atoms with E-state index in [1.807, 2.05) is 52.4 Å². The van der Waals surface area contributed by atoms with Gasteiger partial charge in [-0.1, -0.05) is 30.3 Å². The Bertz CT molecular complexity index is 1220. The van der Waals surface area contributed by atoms with E-state index in [9.17, 15) is 14.4 Å². The van der Waals surface area contributed by atoms with E-state index in [4.69, 9.17) is 0 Å². The van der Waals surface area contributed by atoms with E-state index in [0.717, 1.165) is 24.3 Å². The van der Waals surface area contributed by atoms with Crippen molar-refractivity contribution >= 4 is 28.1 Å². The minimum atomic E-state index is -0.279. The lowest BCUT2D eigenvalue weighted by Gasteiger charge is -2.35. The average molecular weight is 466 g/mol. The minimum absolute atomic E-state index is 0.0365. The summed E-state index contributed by atoms with van der Waals surface area (Å²) in [7, 11) is 0. The van der Waals surface area contributed by atoms with E-state index in [2.05, 4.69) is 9.88 Å². The zero-order valence-electron chi connectivity index (χ0n) is 18.6. The number of hydrogen-bond donors (Lipinski definition) is 0. The molecule has 33 heavy (non-hydrogen) atoms. The van der Waals surface area contributed by atoms with Gasteiger partial charge in [0.1, 0.15) is 0 Å². The molecule has 0 radical (unpaired) electrons. The number of benzene rings is 1. The first-order valence-corrected chi connectivity index (χ1v) is 12.2. The van der Waals surface area contributed by atoms with E-state index in [-0.39, 0.29) is 35.8 Å². The highest BCUT2D eigenvalue weighted by molar-refractivity contribution is 7.15. The highest BCUT2D eigenvalue weighted by atomic mass is 32.1. The first-order valence-electron chi connectivity index (χ1n) is 11.3. The SMILES string of the molecule is C[C@@H](c1ccccc1)N1C[C@@H](C(=O)N2CCN(Cc3cc(=O)n4ccsc4n3)CC2)CC1=O. The van der Waals surface area contributed by atoms with Gasteiger partial charge in [0, 0.05) is 63.3 Å². The van der Waals surface area contributed by atoms with Crippen molar-refractivity contribution < 1.29 is 9.59 Å². The molecule has 172 valence electrons. The molecule has 8 nitrogen and oxygen atoms in total. The lowest BCUT2D eigenvalue weighted by Crippen LogP contribution is -2.50. The quantitative estimate of drug-likeness (QED) is 0.576. The van der Waals surface area contributed by atoms with Gasteiger partial charge in [0.05, 0.1) is 17.7 Å². The Morgan fingerprint density at radius 2 is 1.91 bits per heavy atom. The zero-order chi connectivity index (χ0) is 22.9. The number of hydrogen-bond acceptors (Lipinski definition) is 6. The van der Waals surface area contributed by atoms with Crippen LogP contribution in [-0.2, 0) is 16.1 Å². The molecule has 0 aliphatic carbocycles. The third kappa shape index (κ3) is 4.43. The van der Waals surface area contributed by atoms with Crippen molar-refractivity contribution in [2.75, 3.05) is 32.7 Å². The van der Waals surface area contributed by atoms with Crippen LogP contribution < -0.4 is 5.56 Å². The number of carbonyl (C=O) groups is 2. The third-order valence-electron chi connectivity index (χ3n) is 6.68. The maximum absolute atomic E-state index is 13.2. The number of likely N-dealkylation sites (tertiary alicyclic amines) is 1. The molecule has 9 heteroatoms. The smallest absolute Gasteiger partial charge is 0.258 e. The predicted octanol–water partition coefficient (Wildman–Crippen LogP) is 2.01. The molecule has 2 aliphatic heterocycles. The fraction of sp³-hybridized carbons (Fsp3) is 0.417. The molecule has 0 bridgehead atoms. The molecule has 0 N–H and O–H groups in total. The second-order valence-corrected chi connectivity index (χ2v) is 9.65. The lowest BCUT2D eigenvalue weighted by molar-refractivity contribution is -0.137. The second-order valence-electron chi connectivity index (χ2n) is 8.78. The van der Waals surface area contributed by atoms with Gasteiger partial charge < -0.3 is 9.80 Å². The topological polar surface area (TPSA) is 78.2 Å². The van der Waals surface area contributed by atoms with Crippen LogP contribution in [0.2, 0.25) is 0 Å². The number of rotatable bonds is 5. The van der Waals surface area contributed by atoms with Crippen molar-refractivity contribution in [3.05, 3.63) is 69.6 Å². The Labute approximate surface area is 196 Å². The van der Waals surface area contributed by atoms with Crippen LogP contribution in [0.15, 0.2) is 52.8 Å². The largest absolute Gasteiger partial charge is 0.340 e. The van der Waals surface area contributed by atoms with Gasteiger partial charge in [0.2, 0.25) is 11.8 Å². The zero-order valence-corrected chi connectivity index (χ0v) is 19.4. The van der Waals surface area contributed by atoms with Crippen LogP contribution in [0.25, 0.3) is 4.96 Å². The van der Waals surface area contributed by atoms with E-state index in [1.165, 1.54) is 11.3 Å². The summed E-state index contributed by atoms with van der Waals surface area (Å²) in [6.07, 6.45) is 2.02. The van der Waals surface area contributed by atoms with Crippen molar-refractivity contribution in [3.8, 4) is 0 Å². The highest BCUT2D eigenvalue weighted by Crippen LogP contribution is 2.29. The molecule has 2 fully saturated rings. The number of nitrogens with zero attached hydrogens (tertiary/aromatic N) is 5. The molecule has 3 aromatic rings. The van der Waals surface area contributed by atoms with E-state index in [0.29, 0.717) is 31.1 Å². The number of piperazine rings is 1. The van der Waals surface area contributed by atoms with Crippen molar-refractivity contribution in [2.45, 2.75) is 25.9 Å². The summed E-state index contributed by atoms with van der Waals surface area (Å²) in [4.78, 5) is 49.2. The number of fused-ring (bicyclic) bond motifs is 1. The summed E-state index contributed by atoms with van der Waals surface area (Å²) in [5, 5.41) is 1.85. The van der Waals surface area contributed by atoms with Gasteiger partial charge in [-0.2, -0.15) is 0 Å². The minimum Gasteiger partial charge on any atom is -0.340 e. The fourth-order valence-corrected chi connectivity index (χ4v) is 5.50. The standard InChI is InChI=1S/C24H27N5O3S/c1-17(18-5-3-2-4-6-18)29-15-19(13-21(29)30)23(32)27-9-7-26(8-10-27)16-20-14-22(31)28-11-12-33-24(28)25-20/h2-6,11-12,14,17,19H,7-10,13,15-16H2,1H3/t17-,19-/m0/s1. The van der Waals surface area contributed by atoms with Crippen molar-refractivity contribution in [2.24, 2.45) is 5.92 Å². The molecule has 0 unspecified atom stereocenters. The molecule has 4 heterocycles. The molecule has 2 amide bonds. The molecule has 5 rings (SSSR count). The van der Waals surface area contributed by atoms with Gasteiger partial charge in [-0.25, -0.2) is 4.98 Å². The number of amides is 2. The van der Waals surface area contributed by atoms with Crippen LogP contribution in [0.3, 0.4) is 0 Å². The monoisotopic (exact) mass is 465 g/mol. The fourth-order valence-electron chi connectivity index (χ4n) is 4.77. The van der Waals surface area contributed by atoms with E-state index < -0.39 is 0 Å². The Balaban J connectivity index is 1.17. The summed E-state index contributed by atoms with van der Waals surface area (Å²) in [6.45, 7) is 5.78. The Morgan fingerprint density at radius 3 is 2.67 bits per heavy atom. The predicted molar refractivity (Wildman–Crippen MR) is 126 cm³/mol. The van der Waals surface area contributed by atoms with Gasteiger partial charge in [-0.05, 0) is 12.5 Å². The molecular weight excluding hydrogens is 438 g/mol. The summed E-state index contributed by atoms with van der Waals surface area (Å²) < 4.78 is 1.55. The molecule has 2 saturated heterocycles. The summed E-state index contributed by atoms with van der Waals surface area (Å²) in [5.41, 5.74) is 1.78. The first-order chi connectivity index (χ1) is 16.0. The summed E-state index contributed by atoms with van der Waals surface area (Å²) in [6, 6.07) is 11.5. The Morgan fingerprint density at radius 1 is 1.15 bits per heavy atom. The van der Waals surface area contributed by atoms with Crippen LogP contribution >= 0.6 is 11.3 Å². The Kier molecular flexibility index (Phi) is 5.99. The summed E-state index contributed by atoms with van der Waals surface area (Å²) >= 11 is 1.45. The van der Waals surface area contributed by atoms with Crippen LogP contribution in [0.5, 0.6) is 0 Å². The van der Waals surface area contributed by atoms with Crippen molar-refractivity contribution in [1.29, 1.82) is 0 Å². The molecule has 2 aliphatic rings. The van der Waals surface area contributed by atoms with Gasteiger partial charge in [-0.3, -0.25) is 23.7 Å². The second kappa shape index (κ2) is 9.07. The summed E-state index contributed by atoms with van der Waals surface area (Å²) in [5.74, 6) is -0.162. The number of aromatic nitrogens is 2. The van der Waals surface area contributed by atoms with Gasteiger partial charge in [0.25, 0.3) is 5.56 Å². The molecule has 2 aromatic heterocycles. The first kappa shape index (κ1) is 21.8. The molecule has 0 spiro atoms. The average Bonchev–Trinajstić information content (AvgIpc) is 3.46. The lowest BCUT2D eigenvalue weighted by atomic mass is 10.1. The van der Waals surface area contributed by atoms with Crippen LogP contribution in [0.1, 0.15) is 30.6 Å². The van der Waals surface area contributed by atoms with Gasteiger partial charge in [0.15, 0.2) is 4.96 Å². The maximum Gasteiger partial charge on any atom is 0.258 e.